The summed E-state index contributed by atoms with van der Waals surface area (Å²) in [7, 11) is 1.23. The van der Waals surface area contributed by atoms with Crippen molar-refractivity contribution < 1.29 is 14.5 Å². The van der Waals surface area contributed by atoms with Crippen LogP contribution in [-0.4, -0.2) is 18.0 Å². The van der Waals surface area contributed by atoms with Gasteiger partial charge in [-0.25, -0.2) is 0 Å². The summed E-state index contributed by atoms with van der Waals surface area (Å²) in [5.74, 6) is -0.537. The van der Waals surface area contributed by atoms with Crippen molar-refractivity contribution in [1.82, 2.24) is 0 Å². The quantitative estimate of drug-likeness (QED) is 0.459. The van der Waals surface area contributed by atoms with Gasteiger partial charge in [0, 0.05) is 11.6 Å². The Morgan fingerprint density at radius 3 is 2.61 bits per heavy atom. The van der Waals surface area contributed by atoms with Gasteiger partial charge in [-0.2, -0.15) is 5.26 Å². The van der Waals surface area contributed by atoms with Gasteiger partial charge in [0.05, 0.1) is 30.1 Å². The number of ether oxygens (including phenoxy) is 1. The summed E-state index contributed by atoms with van der Waals surface area (Å²) in [4.78, 5) is 21.6. The number of aryl methyl sites for hydroxylation is 1. The highest BCUT2D eigenvalue weighted by Crippen LogP contribution is 2.24. The molecule has 0 bridgehead atoms. The molecular weight excluding hydrogens is 236 g/mol. The highest BCUT2D eigenvalue weighted by molar-refractivity contribution is 5.74. The lowest BCUT2D eigenvalue weighted by atomic mass is 9.99. The summed E-state index contributed by atoms with van der Waals surface area (Å²) in [5, 5.41) is 19.9. The van der Waals surface area contributed by atoms with Crippen LogP contribution in [0.5, 0.6) is 0 Å². The molecule has 0 spiro atoms. The van der Waals surface area contributed by atoms with Crippen molar-refractivity contribution in [3.63, 3.8) is 0 Å². The second-order valence-electron chi connectivity index (χ2n) is 3.61. The van der Waals surface area contributed by atoms with Gasteiger partial charge in [0.25, 0.3) is 5.69 Å². The molecule has 0 N–H and O–H groups in total. The third-order valence-corrected chi connectivity index (χ3v) is 2.56. The van der Waals surface area contributed by atoms with Crippen LogP contribution in [0.25, 0.3) is 0 Å². The number of methoxy groups -OCH3 is 1. The number of rotatable bonds is 4. The molecule has 1 aromatic carbocycles. The first-order valence-corrected chi connectivity index (χ1v) is 5.30. The second kappa shape index (κ2) is 5.77. The lowest BCUT2D eigenvalue weighted by Gasteiger charge is -2.06. The number of nitrogens with zero attached hydrogens (tertiary/aromatic N) is 2. The molecule has 1 rings (SSSR count). The van der Waals surface area contributed by atoms with Gasteiger partial charge in [0.2, 0.25) is 0 Å². The van der Waals surface area contributed by atoms with Crippen LogP contribution < -0.4 is 0 Å². The van der Waals surface area contributed by atoms with Crippen molar-refractivity contribution in [1.29, 1.82) is 5.26 Å². The first-order chi connectivity index (χ1) is 8.53. The molecule has 0 aromatic heterocycles. The minimum absolute atomic E-state index is 0.0737. The predicted octanol–water partition coefficient (Wildman–Crippen LogP) is 1.74. The van der Waals surface area contributed by atoms with E-state index in [0.29, 0.717) is 17.5 Å². The summed E-state index contributed by atoms with van der Waals surface area (Å²) >= 11 is 0. The van der Waals surface area contributed by atoms with Crippen LogP contribution in [0.2, 0.25) is 0 Å². The van der Waals surface area contributed by atoms with E-state index in [9.17, 15) is 14.9 Å². The molecule has 0 aliphatic carbocycles. The first kappa shape index (κ1) is 13.6. The molecule has 6 nitrogen and oxygen atoms in total. The number of benzene rings is 1. The monoisotopic (exact) mass is 248 g/mol. The minimum Gasteiger partial charge on any atom is -0.469 e. The average Bonchev–Trinajstić information content (AvgIpc) is 2.37. The number of nitriles is 1. The Hall–Kier alpha value is -2.42. The van der Waals surface area contributed by atoms with Crippen LogP contribution in [0.15, 0.2) is 12.1 Å². The number of nitro groups is 1. The predicted molar refractivity (Wildman–Crippen MR) is 62.9 cm³/mol. The Bertz CT molecular complexity index is 532. The molecule has 0 amide bonds. The van der Waals surface area contributed by atoms with Gasteiger partial charge in [0.15, 0.2) is 0 Å². The normalized spacial score (nSPS) is 9.61. The SMILES string of the molecule is CCc1cc(C#N)c(CC(=O)OC)cc1[N+](=O)[O-]. The van der Waals surface area contributed by atoms with Crippen LogP contribution in [0.3, 0.4) is 0 Å². The van der Waals surface area contributed by atoms with Gasteiger partial charge < -0.3 is 4.74 Å². The molecule has 6 heteroatoms. The molecule has 0 fully saturated rings. The van der Waals surface area contributed by atoms with E-state index in [-0.39, 0.29) is 17.7 Å². The Labute approximate surface area is 104 Å². The second-order valence-corrected chi connectivity index (χ2v) is 3.61. The lowest BCUT2D eigenvalue weighted by Crippen LogP contribution is -2.07. The summed E-state index contributed by atoms with van der Waals surface area (Å²) in [6.07, 6.45) is 0.299. The molecular formula is C12H12N2O4. The summed E-state index contributed by atoms with van der Waals surface area (Å²) in [5.41, 5.74) is 0.983. The van der Waals surface area contributed by atoms with Gasteiger partial charge in [-0.15, -0.1) is 0 Å². The number of carbonyl (C=O) groups excluding carboxylic acids is 1. The van der Waals surface area contributed by atoms with E-state index in [1.165, 1.54) is 19.2 Å². The fourth-order valence-electron chi connectivity index (χ4n) is 1.61. The van der Waals surface area contributed by atoms with Gasteiger partial charge in [0.1, 0.15) is 0 Å². The van der Waals surface area contributed by atoms with E-state index in [1.807, 2.05) is 6.07 Å². The minimum atomic E-state index is -0.537. The Kier molecular flexibility index (Phi) is 4.38. The van der Waals surface area contributed by atoms with Crippen molar-refractivity contribution in [2.45, 2.75) is 19.8 Å². The number of nitro benzene ring substituents is 1. The molecule has 0 radical (unpaired) electrons. The number of hydrogen-bond acceptors (Lipinski definition) is 5. The molecule has 0 saturated heterocycles. The van der Waals surface area contributed by atoms with Gasteiger partial charge >= 0.3 is 5.97 Å². The molecule has 94 valence electrons. The van der Waals surface area contributed by atoms with Crippen LogP contribution in [-0.2, 0) is 22.4 Å². The fourth-order valence-corrected chi connectivity index (χ4v) is 1.61. The smallest absolute Gasteiger partial charge is 0.310 e. The van der Waals surface area contributed by atoms with Crippen LogP contribution in [0.4, 0.5) is 5.69 Å². The highest BCUT2D eigenvalue weighted by Gasteiger charge is 2.18. The Balaban J connectivity index is 3.33. The van der Waals surface area contributed by atoms with Crippen molar-refractivity contribution in [3.8, 4) is 6.07 Å². The Morgan fingerprint density at radius 2 is 2.17 bits per heavy atom. The highest BCUT2D eigenvalue weighted by atomic mass is 16.6. The first-order valence-electron chi connectivity index (χ1n) is 5.30. The van der Waals surface area contributed by atoms with Crippen LogP contribution in [0, 0.1) is 21.4 Å². The van der Waals surface area contributed by atoms with Crippen molar-refractivity contribution in [2.24, 2.45) is 0 Å². The zero-order valence-electron chi connectivity index (χ0n) is 10.1. The van der Waals surface area contributed by atoms with E-state index >= 15 is 0 Å². The average molecular weight is 248 g/mol. The van der Waals surface area contributed by atoms with Gasteiger partial charge in [-0.1, -0.05) is 6.92 Å². The molecule has 0 aliphatic heterocycles. The number of esters is 1. The maximum atomic E-state index is 11.2. The van der Waals surface area contributed by atoms with Gasteiger partial charge in [-0.05, 0) is 18.1 Å². The topological polar surface area (TPSA) is 93.2 Å². The maximum Gasteiger partial charge on any atom is 0.310 e. The van der Waals surface area contributed by atoms with E-state index in [0.717, 1.165) is 0 Å². The largest absolute Gasteiger partial charge is 0.469 e. The number of carbonyl (C=O) groups is 1. The van der Waals surface area contributed by atoms with E-state index < -0.39 is 10.9 Å². The lowest BCUT2D eigenvalue weighted by molar-refractivity contribution is -0.385. The third kappa shape index (κ3) is 2.83. The molecule has 0 unspecified atom stereocenters. The molecule has 0 aliphatic rings. The summed E-state index contributed by atoms with van der Waals surface area (Å²) < 4.78 is 4.49. The van der Waals surface area contributed by atoms with E-state index in [1.54, 1.807) is 6.92 Å². The van der Waals surface area contributed by atoms with Crippen molar-refractivity contribution >= 4 is 11.7 Å². The molecule has 18 heavy (non-hydrogen) atoms. The Morgan fingerprint density at radius 1 is 1.50 bits per heavy atom. The van der Waals surface area contributed by atoms with Crippen molar-refractivity contribution in [3.05, 3.63) is 38.9 Å². The standard InChI is InChI=1S/C12H12N2O4/c1-3-8-4-10(7-13)9(6-12(15)18-2)5-11(8)14(16)17/h4-5H,3,6H2,1-2H3. The fraction of sp³-hybridized carbons (Fsp3) is 0.333. The summed E-state index contributed by atoms with van der Waals surface area (Å²) in [6, 6.07) is 4.66. The van der Waals surface area contributed by atoms with Crippen molar-refractivity contribution in [2.75, 3.05) is 7.11 Å². The molecule has 0 saturated carbocycles. The molecule has 0 atom stereocenters. The van der Waals surface area contributed by atoms with E-state index in [4.69, 9.17) is 5.26 Å². The summed E-state index contributed by atoms with van der Waals surface area (Å²) in [6.45, 7) is 1.77. The van der Waals surface area contributed by atoms with Gasteiger partial charge in [-0.3, -0.25) is 14.9 Å². The zero-order valence-corrected chi connectivity index (χ0v) is 10.1. The third-order valence-electron chi connectivity index (χ3n) is 2.56. The maximum absolute atomic E-state index is 11.2. The number of hydrogen-bond donors (Lipinski definition) is 0. The molecule has 1 aromatic rings. The van der Waals surface area contributed by atoms with Crippen LogP contribution >= 0.6 is 0 Å². The van der Waals surface area contributed by atoms with E-state index in [2.05, 4.69) is 4.74 Å². The van der Waals surface area contributed by atoms with Crippen LogP contribution in [0.1, 0.15) is 23.6 Å². The molecule has 0 heterocycles. The zero-order chi connectivity index (χ0) is 13.7.